The number of carboxylic acid groups (broad SMARTS) is 1. The van der Waals surface area contributed by atoms with Crippen LogP contribution in [0.1, 0.15) is 144 Å². The Morgan fingerprint density at radius 1 is 0.556 bits per heavy atom. The summed E-state index contributed by atoms with van der Waals surface area (Å²) in [5.41, 5.74) is 23.3. The van der Waals surface area contributed by atoms with Gasteiger partial charge in [-0.15, -0.1) is 0 Å². The van der Waals surface area contributed by atoms with E-state index in [1.54, 1.807) is 6.92 Å². The first-order chi connectivity index (χ1) is 34.2. The molecule has 3 rings (SSSR count). The van der Waals surface area contributed by atoms with E-state index >= 15 is 0 Å². The molecular weight excluding hydrogens is 933 g/mol. The van der Waals surface area contributed by atoms with Gasteiger partial charge in [0.2, 0.25) is 47.3 Å². The Labute approximate surface area is 425 Å². The van der Waals surface area contributed by atoms with Crippen LogP contribution in [0.5, 0.6) is 0 Å². The number of hydrogen-bond acceptors (Lipinski definition) is 14. The van der Waals surface area contributed by atoms with Crippen LogP contribution in [-0.2, 0) is 43.2 Å². The number of carboxylic acids is 1. The number of carbonyl (C=O) groups is 9. The van der Waals surface area contributed by atoms with Crippen molar-refractivity contribution < 1.29 is 53.4 Å². The highest BCUT2D eigenvalue weighted by Gasteiger charge is 2.45. The standard InChI is InChI=1S/C49H88N12O11/c1-6-30(4)40(58-42(64)33(17-8-11-23-51)54-41(63)32(16-7-10-22-50)55-43(65)37-20-14-26-60(37)48(70)39(53)31(5)62)45(67)56-34(18-9-12-24-52)46(68)61-27-15-21-38(61)47(69)59-25-13-19-36(59)44(66)57-35(49(71)72)28-29(2)3/h29-40,62H,6-28,50-53H2,1-5H3,(H,54,63)(H,55,65)(H,56,67)(H,57,66)(H,58,64)(H,71,72)/t30-,31+,32-,33-,34-,35-,36-,37-,38-,39-,40-/m0/s1. The van der Waals surface area contributed by atoms with E-state index in [-0.39, 0.29) is 51.2 Å². The maximum Gasteiger partial charge on any atom is 0.326 e. The molecule has 3 aliphatic heterocycles. The average molecular weight is 1020 g/mol. The molecule has 0 aromatic rings. The summed E-state index contributed by atoms with van der Waals surface area (Å²) in [6.45, 7) is 10.4. The molecule has 23 heteroatoms. The van der Waals surface area contributed by atoms with Gasteiger partial charge in [-0.1, -0.05) is 34.1 Å². The zero-order valence-electron chi connectivity index (χ0n) is 43.4. The SMILES string of the molecule is CC[C@H](C)[C@H](NC(=O)[C@H](CCCCN)NC(=O)[C@H](CCCCN)NC(=O)[C@@H]1CCCN1C(=O)[C@@H](N)[C@@H](C)O)C(=O)N[C@@H](CCCCN)C(=O)N1CCC[C@H]1C(=O)N1CCC[C@H]1C(=O)N[C@@H](CC(C)C)C(=O)O. The van der Waals surface area contributed by atoms with Gasteiger partial charge >= 0.3 is 5.97 Å². The summed E-state index contributed by atoms with van der Waals surface area (Å²) >= 11 is 0. The van der Waals surface area contributed by atoms with Gasteiger partial charge in [0.25, 0.3) is 0 Å². The van der Waals surface area contributed by atoms with Gasteiger partial charge in [-0.2, -0.15) is 0 Å². The molecule has 0 radical (unpaired) electrons. The number of nitrogens with two attached hydrogens (primary N) is 4. The van der Waals surface area contributed by atoms with E-state index in [2.05, 4.69) is 26.6 Å². The number of amides is 8. The number of aliphatic hydroxyl groups is 1. The number of nitrogens with one attached hydrogen (secondary N) is 5. The Kier molecular flexibility index (Phi) is 26.3. The highest BCUT2D eigenvalue weighted by atomic mass is 16.4. The Morgan fingerprint density at radius 2 is 0.986 bits per heavy atom. The smallest absolute Gasteiger partial charge is 0.326 e. The minimum atomic E-state index is -1.24. The van der Waals surface area contributed by atoms with Gasteiger partial charge in [0, 0.05) is 19.6 Å². The molecule has 23 nitrogen and oxygen atoms in total. The fourth-order valence-electron chi connectivity index (χ4n) is 9.67. The second-order valence-electron chi connectivity index (χ2n) is 20.3. The van der Waals surface area contributed by atoms with Crippen LogP contribution >= 0.6 is 0 Å². The molecule has 3 aliphatic rings. The number of aliphatic hydroxyl groups excluding tert-OH is 1. The molecule has 0 aliphatic carbocycles. The van der Waals surface area contributed by atoms with E-state index in [0.29, 0.717) is 103 Å². The predicted octanol–water partition coefficient (Wildman–Crippen LogP) is -1.34. The van der Waals surface area contributed by atoms with Crippen molar-refractivity contribution in [3.05, 3.63) is 0 Å². The summed E-state index contributed by atoms with van der Waals surface area (Å²) in [6.07, 6.45) is 5.41. The van der Waals surface area contributed by atoms with E-state index in [1.165, 1.54) is 21.6 Å². The summed E-state index contributed by atoms with van der Waals surface area (Å²) in [4.78, 5) is 128. The number of aliphatic carboxylic acids is 1. The molecule has 3 heterocycles. The Morgan fingerprint density at radius 3 is 1.47 bits per heavy atom. The van der Waals surface area contributed by atoms with Crippen molar-refractivity contribution in [2.24, 2.45) is 34.8 Å². The van der Waals surface area contributed by atoms with E-state index in [9.17, 15) is 53.4 Å². The van der Waals surface area contributed by atoms with Gasteiger partial charge in [-0.05, 0) is 141 Å². The van der Waals surface area contributed by atoms with Gasteiger partial charge < -0.3 is 74.4 Å². The normalized spacial score (nSPS) is 21.2. The molecule has 0 unspecified atom stereocenters. The monoisotopic (exact) mass is 1020 g/mol. The molecule has 0 spiro atoms. The average Bonchev–Trinajstić information content (AvgIpc) is 4.16. The van der Waals surface area contributed by atoms with Crippen molar-refractivity contribution in [3.8, 4) is 0 Å². The number of hydrogen-bond donors (Lipinski definition) is 11. The maximum atomic E-state index is 14.6. The summed E-state index contributed by atoms with van der Waals surface area (Å²) < 4.78 is 0. The quantitative estimate of drug-likeness (QED) is 0.0358. The van der Waals surface area contributed by atoms with E-state index in [0.717, 1.165) is 0 Å². The minimum absolute atomic E-state index is 0.00588. The number of likely N-dealkylation sites (tertiary alicyclic amines) is 3. The van der Waals surface area contributed by atoms with Gasteiger partial charge in [-0.25, -0.2) is 4.79 Å². The van der Waals surface area contributed by atoms with Gasteiger partial charge in [0.1, 0.15) is 54.4 Å². The van der Waals surface area contributed by atoms with Crippen LogP contribution in [0, 0.1) is 11.8 Å². The molecule has 8 amide bonds. The zero-order valence-corrected chi connectivity index (χ0v) is 43.4. The van der Waals surface area contributed by atoms with E-state index < -0.39 is 120 Å². The van der Waals surface area contributed by atoms with Crippen molar-refractivity contribution in [1.29, 1.82) is 0 Å². The molecule has 3 fully saturated rings. The number of unbranched alkanes of at least 4 members (excludes halogenated alkanes) is 3. The first kappa shape index (κ1) is 61.3. The predicted molar refractivity (Wildman–Crippen MR) is 269 cm³/mol. The Balaban J connectivity index is 1.84. The van der Waals surface area contributed by atoms with Gasteiger partial charge in [-0.3, -0.25) is 38.4 Å². The zero-order chi connectivity index (χ0) is 53.7. The van der Waals surface area contributed by atoms with Crippen molar-refractivity contribution in [2.75, 3.05) is 39.3 Å². The molecule has 410 valence electrons. The van der Waals surface area contributed by atoms with Crippen molar-refractivity contribution >= 4 is 53.2 Å². The number of carbonyl (C=O) groups excluding carboxylic acids is 8. The molecule has 11 atom stereocenters. The molecule has 0 aromatic heterocycles. The summed E-state index contributed by atoms with van der Waals surface area (Å²) in [6, 6.07) is -9.71. The molecule has 0 bridgehead atoms. The Hall–Kier alpha value is -4.97. The molecule has 15 N–H and O–H groups in total. The Bertz CT molecular complexity index is 1820. The van der Waals surface area contributed by atoms with E-state index in [4.69, 9.17) is 22.9 Å². The van der Waals surface area contributed by atoms with Gasteiger partial charge in [0.15, 0.2) is 0 Å². The first-order valence-corrected chi connectivity index (χ1v) is 26.4. The van der Waals surface area contributed by atoms with Crippen LogP contribution in [0.3, 0.4) is 0 Å². The second kappa shape index (κ2) is 30.9. The number of rotatable bonds is 31. The van der Waals surface area contributed by atoms with Crippen LogP contribution in [0.2, 0.25) is 0 Å². The molecule has 0 saturated carbocycles. The van der Waals surface area contributed by atoms with Crippen LogP contribution in [-0.4, -0.2) is 178 Å². The van der Waals surface area contributed by atoms with Crippen LogP contribution in [0.15, 0.2) is 0 Å². The third kappa shape index (κ3) is 17.9. The fraction of sp³-hybridized carbons (Fsp3) is 0.816. The van der Waals surface area contributed by atoms with Crippen LogP contribution < -0.4 is 49.5 Å². The molecular formula is C49H88N12O11. The van der Waals surface area contributed by atoms with Crippen LogP contribution in [0.25, 0.3) is 0 Å². The van der Waals surface area contributed by atoms with Crippen molar-refractivity contribution in [2.45, 2.75) is 204 Å². The second-order valence-corrected chi connectivity index (χ2v) is 20.3. The third-order valence-electron chi connectivity index (χ3n) is 14.1. The lowest BCUT2D eigenvalue weighted by Gasteiger charge is -2.34. The third-order valence-corrected chi connectivity index (χ3v) is 14.1. The summed E-state index contributed by atoms with van der Waals surface area (Å²) in [5, 5.41) is 33.7. The lowest BCUT2D eigenvalue weighted by atomic mass is 9.96. The highest BCUT2D eigenvalue weighted by Crippen LogP contribution is 2.27. The lowest BCUT2D eigenvalue weighted by molar-refractivity contribution is -0.149. The highest BCUT2D eigenvalue weighted by molar-refractivity contribution is 5.98. The first-order valence-electron chi connectivity index (χ1n) is 26.4. The maximum absolute atomic E-state index is 14.6. The summed E-state index contributed by atoms with van der Waals surface area (Å²) in [7, 11) is 0. The van der Waals surface area contributed by atoms with E-state index in [1.807, 2.05) is 20.8 Å². The minimum Gasteiger partial charge on any atom is -0.480 e. The van der Waals surface area contributed by atoms with Crippen molar-refractivity contribution in [3.63, 3.8) is 0 Å². The molecule has 0 aromatic carbocycles. The van der Waals surface area contributed by atoms with Crippen molar-refractivity contribution in [1.82, 2.24) is 41.3 Å². The number of nitrogens with zero attached hydrogens (tertiary/aromatic N) is 3. The topological polar surface area (TPSA) is 368 Å². The van der Waals surface area contributed by atoms with Crippen LogP contribution in [0.4, 0.5) is 0 Å². The molecule has 72 heavy (non-hydrogen) atoms. The lowest BCUT2D eigenvalue weighted by Crippen LogP contribution is -2.61. The fourth-order valence-corrected chi connectivity index (χ4v) is 9.67. The largest absolute Gasteiger partial charge is 0.480 e. The van der Waals surface area contributed by atoms with Gasteiger partial charge in [0.05, 0.1) is 6.10 Å². The summed E-state index contributed by atoms with van der Waals surface area (Å²) in [5.74, 6) is -6.29. The molecule has 3 saturated heterocycles.